The van der Waals surface area contributed by atoms with Crippen molar-refractivity contribution in [3.8, 4) is 5.75 Å². The predicted molar refractivity (Wildman–Crippen MR) is 34.4 cm³/mol. The van der Waals surface area contributed by atoms with Crippen LogP contribution in [0.15, 0.2) is 0 Å². The Morgan fingerprint density at radius 3 is 2.67 bits per heavy atom. The van der Waals surface area contributed by atoms with Crippen molar-refractivity contribution in [3.05, 3.63) is 0 Å². The molecule has 0 aromatic carbocycles. The van der Waals surface area contributed by atoms with E-state index in [4.69, 9.17) is 5.11 Å². The van der Waals surface area contributed by atoms with Crippen LogP contribution in [0.25, 0.3) is 0 Å². The van der Waals surface area contributed by atoms with Crippen molar-refractivity contribution in [2.45, 2.75) is 0 Å². The normalized spacial score (nSPS) is 6.67. The van der Waals surface area contributed by atoms with Crippen molar-refractivity contribution in [2.75, 3.05) is 6.54 Å². The maximum atomic E-state index is 9.67. The average molecular weight is 170 g/mol. The Hall–Kier alpha value is -0.270. The molecule has 0 saturated carbocycles. The van der Waals surface area contributed by atoms with Crippen LogP contribution in [0.5, 0.6) is 0 Å². The number of carbonyl (C=O) groups is 1. The monoisotopic (exact) mass is 169 g/mol. The van der Waals surface area contributed by atoms with Gasteiger partial charge in [-0.25, -0.2) is 0 Å². The Balaban J connectivity index is 0. The fraction of sp³-hybridized carbons (Fsp3) is 0.333. The second-order valence-corrected chi connectivity index (χ2v) is 1.36. The molecule has 0 unspecified atom stereocenters. The van der Waals surface area contributed by atoms with E-state index in [9.17, 15) is 9.36 Å². The van der Waals surface area contributed by atoms with E-state index < -0.39 is 5.97 Å². The third-order valence-corrected chi connectivity index (χ3v) is 0.614. The van der Waals surface area contributed by atoms with Gasteiger partial charge in [-0.1, -0.05) is 0 Å². The first kappa shape index (κ1) is 11.5. The van der Waals surface area contributed by atoms with Crippen LogP contribution in [-0.4, -0.2) is 17.6 Å². The van der Waals surface area contributed by atoms with Gasteiger partial charge >= 0.3 is 46.0 Å². The van der Waals surface area contributed by atoms with Gasteiger partial charge < -0.3 is 0 Å². The number of halogens is 1. The quantitative estimate of drug-likeness (QED) is 0.461. The summed E-state index contributed by atoms with van der Waals surface area (Å²) in [6.45, 7) is -0.241. The van der Waals surface area contributed by atoms with Crippen LogP contribution in [0.2, 0.25) is 0 Å². The number of nitrogens with one attached hydrogen (secondary N) is 1. The fourth-order valence-corrected chi connectivity index (χ4v) is 0.291. The van der Waals surface area contributed by atoms with Gasteiger partial charge in [0.15, 0.2) is 0 Å². The van der Waals surface area contributed by atoms with E-state index in [1.54, 1.807) is 0 Å². The zero-order valence-corrected chi connectivity index (χ0v) is 6.04. The summed E-state index contributed by atoms with van der Waals surface area (Å²) in [6, 6.07) is 0. The number of rotatable bonds is 2. The molecule has 0 amide bonds. The van der Waals surface area contributed by atoms with Crippen molar-refractivity contribution in [3.63, 3.8) is 0 Å². The Morgan fingerprint density at radius 2 is 2.33 bits per heavy atom. The molecule has 0 aromatic heterocycles. The summed E-state index contributed by atoms with van der Waals surface area (Å²) in [6.07, 6.45) is 0. The van der Waals surface area contributed by atoms with Gasteiger partial charge in [-0.05, 0) is 0 Å². The zero-order valence-electron chi connectivity index (χ0n) is 4.33. The molecule has 0 radical (unpaired) electrons. The van der Waals surface area contributed by atoms with Crippen molar-refractivity contribution in [1.82, 2.24) is 5.32 Å². The van der Waals surface area contributed by atoms with Crippen molar-refractivity contribution >= 4 is 26.3 Å². The first-order valence-electron chi connectivity index (χ1n) is 1.79. The number of aliphatic carboxylic acids is 1. The van der Waals surface area contributed by atoms with Gasteiger partial charge in [0.05, 0.1) is 0 Å². The molecule has 0 aliphatic carbocycles. The van der Waals surface area contributed by atoms with E-state index >= 15 is 0 Å². The number of hydrogen-bond acceptors (Lipinski definition) is 3. The van der Waals surface area contributed by atoms with E-state index in [-0.39, 0.29) is 26.9 Å². The van der Waals surface area contributed by atoms with E-state index in [1.807, 2.05) is 0 Å². The molecule has 4 nitrogen and oxygen atoms in total. The Bertz CT molecular complexity index is 174. The summed E-state index contributed by atoms with van der Waals surface area (Å²) in [5.74, 6) is 1.07. The van der Waals surface area contributed by atoms with E-state index in [2.05, 4.69) is 11.1 Å². The summed E-state index contributed by atoms with van der Waals surface area (Å²) < 4.78 is 9.52. The molecule has 0 spiro atoms. The number of hydrogen-bond donors (Lipinski definition) is 2. The molecule has 6 heteroatoms. The second-order valence-electron chi connectivity index (χ2n) is 0.950. The van der Waals surface area contributed by atoms with Crippen LogP contribution < -0.4 is 5.32 Å². The Morgan fingerprint density at radius 1 is 1.78 bits per heavy atom. The van der Waals surface area contributed by atoms with Crippen LogP contribution in [0.1, 0.15) is 0 Å². The molecule has 0 bridgehead atoms. The molecule has 0 aliphatic rings. The molecule has 0 heterocycles. The summed E-state index contributed by atoms with van der Waals surface area (Å²) in [4.78, 5) is 9.67. The van der Waals surface area contributed by atoms with Gasteiger partial charge in [0.2, 0.25) is 0 Å². The number of carboxylic acids is 1. The summed E-state index contributed by atoms with van der Waals surface area (Å²) in [7, 11) is -0.324. The van der Waals surface area contributed by atoms with Gasteiger partial charge in [-0.2, -0.15) is 0 Å². The summed E-state index contributed by atoms with van der Waals surface area (Å²) >= 11 is 0. The van der Waals surface area contributed by atoms with Crippen LogP contribution in [0, 0.1) is 5.75 Å². The van der Waals surface area contributed by atoms with Gasteiger partial charge in [-0.15, -0.1) is 12.4 Å². The molecular weight excluding hydrogens is 164 g/mol. The predicted octanol–water partition coefficient (Wildman–Crippen LogP) is 0.291. The third-order valence-electron chi connectivity index (χ3n) is 0.364. The second kappa shape index (κ2) is 7.73. The van der Waals surface area contributed by atoms with Crippen LogP contribution in [0.3, 0.4) is 0 Å². The van der Waals surface area contributed by atoms with Crippen molar-refractivity contribution in [1.29, 1.82) is 0 Å². The standard InChI is InChI=1S/C3H4NO3P.ClH/c5-3(6)1-4-2-8-7;/h4H,1H2,(H,5,6);1H. The third kappa shape index (κ3) is 11.3. The molecule has 9 heavy (non-hydrogen) atoms. The first-order valence-corrected chi connectivity index (χ1v) is 2.60. The minimum absolute atomic E-state index is 0. The molecule has 0 fully saturated rings. The molecule has 0 aliphatic heterocycles. The zero-order chi connectivity index (χ0) is 6.41. The first-order chi connectivity index (χ1) is 3.77. The summed E-state index contributed by atoms with van der Waals surface area (Å²) in [5, 5.41) is 10.1. The van der Waals surface area contributed by atoms with E-state index in [1.165, 1.54) is 0 Å². The summed E-state index contributed by atoms with van der Waals surface area (Å²) in [5.41, 5.74) is 0. The SMILES string of the molecule is Cl.O=P#CNCC(=O)O. The Labute approximate surface area is 59.2 Å². The molecule has 0 atom stereocenters. The average Bonchev–Trinajstić information content (AvgIpc) is 1.66. The number of carboxylic acid groups (broad SMARTS) is 1. The Kier molecular flexibility index (Phi) is 9.89. The van der Waals surface area contributed by atoms with Crippen LogP contribution in [0.4, 0.5) is 0 Å². The van der Waals surface area contributed by atoms with Crippen LogP contribution in [-0.2, 0) is 9.36 Å². The van der Waals surface area contributed by atoms with Crippen LogP contribution >= 0.6 is 20.3 Å². The molecule has 0 rings (SSSR count). The van der Waals surface area contributed by atoms with Gasteiger partial charge in [-0.3, -0.25) is 0 Å². The molecule has 0 saturated heterocycles. The van der Waals surface area contributed by atoms with Crippen molar-refractivity contribution in [2.24, 2.45) is 0 Å². The van der Waals surface area contributed by atoms with E-state index in [0.29, 0.717) is 0 Å². The van der Waals surface area contributed by atoms with Gasteiger partial charge in [0.25, 0.3) is 0 Å². The molecular formula is C3H5ClNO3P. The van der Waals surface area contributed by atoms with E-state index in [0.717, 1.165) is 0 Å². The molecule has 2 N–H and O–H groups in total. The molecule has 0 aromatic rings. The topological polar surface area (TPSA) is 66.4 Å². The van der Waals surface area contributed by atoms with Gasteiger partial charge in [0, 0.05) is 0 Å². The minimum atomic E-state index is -0.999. The maximum absolute atomic E-state index is 9.67. The fourth-order valence-electron chi connectivity index (χ4n) is 0.147. The van der Waals surface area contributed by atoms with Crippen molar-refractivity contribution < 1.29 is 14.5 Å². The van der Waals surface area contributed by atoms with Gasteiger partial charge in [0.1, 0.15) is 0 Å². The molecule has 52 valence electrons.